The topological polar surface area (TPSA) is 46.2 Å². The van der Waals surface area contributed by atoms with Crippen LogP contribution in [0.5, 0.6) is 0 Å². The van der Waals surface area contributed by atoms with Gasteiger partial charge in [-0.1, -0.05) is 44.7 Å². The van der Waals surface area contributed by atoms with Gasteiger partial charge in [0.25, 0.3) is 0 Å². The van der Waals surface area contributed by atoms with Crippen LogP contribution in [0, 0.1) is 0 Å². The number of benzene rings is 1. The van der Waals surface area contributed by atoms with Gasteiger partial charge in [0.1, 0.15) is 0 Å². The number of rotatable bonds is 6. The van der Waals surface area contributed by atoms with Gasteiger partial charge in [-0.2, -0.15) is 0 Å². The van der Waals surface area contributed by atoms with Gasteiger partial charge in [-0.15, -0.1) is 0 Å². The van der Waals surface area contributed by atoms with E-state index in [1.165, 1.54) is 12.0 Å². The zero-order valence-electron chi connectivity index (χ0n) is 12.3. The summed E-state index contributed by atoms with van der Waals surface area (Å²) in [6, 6.07) is 7.45. The van der Waals surface area contributed by atoms with Gasteiger partial charge in [0.15, 0.2) is 0 Å². The van der Waals surface area contributed by atoms with Gasteiger partial charge >= 0.3 is 0 Å². The lowest BCUT2D eigenvalue weighted by Gasteiger charge is -2.22. The Kier molecular flexibility index (Phi) is 5.61. The van der Waals surface area contributed by atoms with E-state index >= 15 is 0 Å². The van der Waals surface area contributed by atoms with E-state index in [1.807, 2.05) is 12.1 Å². The van der Waals surface area contributed by atoms with Crippen molar-refractivity contribution < 1.29 is 8.42 Å². The van der Waals surface area contributed by atoms with Crippen molar-refractivity contribution in [2.24, 2.45) is 0 Å². The van der Waals surface area contributed by atoms with E-state index in [-0.39, 0.29) is 6.04 Å². The summed E-state index contributed by atoms with van der Waals surface area (Å²) >= 11 is 0. The highest BCUT2D eigenvalue weighted by molar-refractivity contribution is 7.89. The molecule has 3 nitrogen and oxygen atoms in total. The fraction of sp³-hybridized carbons (Fsp3) is 0.625. The van der Waals surface area contributed by atoms with E-state index in [1.54, 1.807) is 12.1 Å². The van der Waals surface area contributed by atoms with Crippen LogP contribution < -0.4 is 4.72 Å². The first-order chi connectivity index (χ1) is 9.62. The molecular formula is C16H25NO2S. The average molecular weight is 295 g/mol. The highest BCUT2D eigenvalue weighted by Gasteiger charge is 2.21. The van der Waals surface area contributed by atoms with E-state index in [4.69, 9.17) is 0 Å². The lowest BCUT2D eigenvalue weighted by atomic mass is 9.96. The lowest BCUT2D eigenvalue weighted by Crippen LogP contribution is -2.36. The number of aryl methyl sites for hydroxylation is 1. The van der Waals surface area contributed by atoms with E-state index in [2.05, 4.69) is 11.6 Å². The maximum Gasteiger partial charge on any atom is 0.240 e. The molecule has 0 radical (unpaired) electrons. The third-order valence-electron chi connectivity index (χ3n) is 3.98. The van der Waals surface area contributed by atoms with Crippen molar-refractivity contribution in [1.29, 1.82) is 0 Å². The Morgan fingerprint density at radius 1 is 1.10 bits per heavy atom. The summed E-state index contributed by atoms with van der Waals surface area (Å²) in [7, 11) is -3.35. The smallest absolute Gasteiger partial charge is 0.208 e. The third-order valence-corrected chi connectivity index (χ3v) is 5.52. The highest BCUT2D eigenvalue weighted by atomic mass is 32.2. The predicted molar refractivity (Wildman–Crippen MR) is 82.2 cm³/mol. The molecule has 0 spiro atoms. The standard InChI is InChI=1S/C16H25NO2S/c1-2-3-7-14-10-12-16(13-11-14)20(18,19)17-15-8-5-4-6-9-15/h10-13,15,17H,2-9H2,1H3. The van der Waals surface area contributed by atoms with E-state index in [0.29, 0.717) is 4.90 Å². The first kappa shape index (κ1) is 15.5. The van der Waals surface area contributed by atoms with Gasteiger partial charge < -0.3 is 0 Å². The minimum atomic E-state index is -3.35. The maximum atomic E-state index is 12.3. The van der Waals surface area contributed by atoms with E-state index < -0.39 is 10.0 Å². The van der Waals surface area contributed by atoms with Crippen molar-refractivity contribution in [3.05, 3.63) is 29.8 Å². The van der Waals surface area contributed by atoms with Crippen molar-refractivity contribution in [2.75, 3.05) is 0 Å². The minimum Gasteiger partial charge on any atom is -0.208 e. The van der Waals surface area contributed by atoms with Gasteiger partial charge in [-0.3, -0.25) is 0 Å². The van der Waals surface area contributed by atoms with Crippen molar-refractivity contribution in [2.45, 2.75) is 69.2 Å². The van der Waals surface area contributed by atoms with Crippen LogP contribution in [-0.4, -0.2) is 14.5 Å². The summed E-state index contributed by atoms with van der Waals surface area (Å²) in [4.78, 5) is 0.392. The molecule has 1 fully saturated rings. The highest BCUT2D eigenvalue weighted by Crippen LogP contribution is 2.20. The van der Waals surface area contributed by atoms with Gasteiger partial charge in [0, 0.05) is 6.04 Å². The second-order valence-electron chi connectivity index (χ2n) is 5.70. The fourth-order valence-electron chi connectivity index (χ4n) is 2.72. The Morgan fingerprint density at radius 3 is 2.35 bits per heavy atom. The number of sulfonamides is 1. The van der Waals surface area contributed by atoms with Crippen molar-refractivity contribution in [3.63, 3.8) is 0 Å². The summed E-state index contributed by atoms with van der Waals surface area (Å²) in [5.41, 5.74) is 1.21. The Morgan fingerprint density at radius 2 is 1.75 bits per heavy atom. The van der Waals surface area contributed by atoms with Gasteiger partial charge in [-0.05, 0) is 43.4 Å². The molecule has 20 heavy (non-hydrogen) atoms. The van der Waals surface area contributed by atoms with Crippen LogP contribution in [0.25, 0.3) is 0 Å². The second-order valence-corrected chi connectivity index (χ2v) is 7.42. The van der Waals surface area contributed by atoms with E-state index in [9.17, 15) is 8.42 Å². The molecule has 0 unspecified atom stereocenters. The van der Waals surface area contributed by atoms with Crippen LogP contribution in [0.1, 0.15) is 57.4 Å². The van der Waals surface area contributed by atoms with Crippen LogP contribution in [0.3, 0.4) is 0 Å². The molecular weight excluding hydrogens is 270 g/mol. The first-order valence-electron chi connectivity index (χ1n) is 7.73. The summed E-state index contributed by atoms with van der Waals surface area (Å²) in [6.07, 6.45) is 8.74. The van der Waals surface area contributed by atoms with E-state index in [0.717, 1.165) is 44.9 Å². The Bertz CT molecular complexity index is 502. The molecule has 1 aromatic carbocycles. The minimum absolute atomic E-state index is 0.119. The van der Waals surface area contributed by atoms with Crippen molar-refractivity contribution in [3.8, 4) is 0 Å². The largest absolute Gasteiger partial charge is 0.240 e. The molecule has 0 bridgehead atoms. The molecule has 1 saturated carbocycles. The van der Waals surface area contributed by atoms with Crippen molar-refractivity contribution >= 4 is 10.0 Å². The molecule has 0 aliphatic heterocycles. The summed E-state index contributed by atoms with van der Waals surface area (Å²) < 4.78 is 27.5. The first-order valence-corrected chi connectivity index (χ1v) is 9.21. The quantitative estimate of drug-likeness (QED) is 0.871. The third kappa shape index (κ3) is 4.32. The van der Waals surface area contributed by atoms with Crippen LogP contribution in [0.15, 0.2) is 29.2 Å². The molecule has 4 heteroatoms. The Hall–Kier alpha value is -0.870. The summed E-state index contributed by atoms with van der Waals surface area (Å²) in [5.74, 6) is 0. The molecule has 0 aromatic heterocycles. The fourth-order valence-corrected chi connectivity index (χ4v) is 4.03. The van der Waals surface area contributed by atoms with Crippen molar-refractivity contribution in [1.82, 2.24) is 4.72 Å². The Labute approximate surface area is 122 Å². The summed E-state index contributed by atoms with van der Waals surface area (Å²) in [6.45, 7) is 2.16. The van der Waals surface area contributed by atoms with Gasteiger partial charge in [0.05, 0.1) is 4.90 Å². The normalized spacial score (nSPS) is 17.2. The SMILES string of the molecule is CCCCc1ccc(S(=O)(=O)NC2CCCCC2)cc1. The number of hydrogen-bond acceptors (Lipinski definition) is 2. The molecule has 112 valence electrons. The predicted octanol–water partition coefficient (Wildman–Crippen LogP) is 3.64. The average Bonchev–Trinajstić information content (AvgIpc) is 2.46. The van der Waals surface area contributed by atoms with Crippen LogP contribution in [0.4, 0.5) is 0 Å². The molecule has 1 aliphatic carbocycles. The molecule has 1 aromatic rings. The number of hydrogen-bond donors (Lipinski definition) is 1. The number of unbranched alkanes of at least 4 members (excludes halogenated alkanes) is 1. The van der Waals surface area contributed by atoms with Crippen LogP contribution >= 0.6 is 0 Å². The monoisotopic (exact) mass is 295 g/mol. The molecule has 0 atom stereocenters. The zero-order chi connectivity index (χ0) is 14.4. The molecule has 0 amide bonds. The molecule has 1 aliphatic rings. The lowest BCUT2D eigenvalue weighted by molar-refractivity contribution is 0.412. The van der Waals surface area contributed by atoms with Gasteiger partial charge in [0.2, 0.25) is 10.0 Å². The molecule has 2 rings (SSSR count). The number of nitrogens with one attached hydrogen (secondary N) is 1. The molecule has 0 saturated heterocycles. The van der Waals surface area contributed by atoms with Crippen LogP contribution in [-0.2, 0) is 16.4 Å². The molecule has 0 heterocycles. The Balaban J connectivity index is 2.01. The summed E-state index contributed by atoms with van der Waals surface area (Å²) in [5, 5.41) is 0. The zero-order valence-corrected chi connectivity index (χ0v) is 13.1. The maximum absolute atomic E-state index is 12.3. The van der Waals surface area contributed by atoms with Gasteiger partial charge in [-0.25, -0.2) is 13.1 Å². The second kappa shape index (κ2) is 7.23. The van der Waals surface area contributed by atoms with Crippen LogP contribution in [0.2, 0.25) is 0 Å². The molecule has 1 N–H and O–H groups in total.